The molecule has 5 aromatic heterocycles. The molecule has 0 atom stereocenters. The molecule has 0 radical (unpaired) electrons. The van der Waals surface area contributed by atoms with Crippen molar-refractivity contribution in [3.8, 4) is 11.3 Å². The standard InChI is InChI=1S/C26H24ClN7O/c1-14-10-16(7-9-28-14)25(35)33-11-18-20(22-21(27)17-6-5-8-29-23(17)32-22)19-15(2)30-13-31-24(19)34(18)26(3,4)12-33/h5-10,13H,11-12H2,1-4H3,(H,29,32). The van der Waals surface area contributed by atoms with Crippen LogP contribution in [0.1, 0.15) is 41.3 Å². The van der Waals surface area contributed by atoms with Crippen LogP contribution in [0.15, 0.2) is 43.0 Å². The number of H-pyrrole nitrogens is 1. The van der Waals surface area contributed by atoms with Gasteiger partial charge in [0.25, 0.3) is 5.91 Å². The number of rotatable bonds is 2. The number of nitrogens with one attached hydrogen (secondary N) is 1. The van der Waals surface area contributed by atoms with E-state index in [2.05, 4.69) is 43.3 Å². The Kier molecular flexibility index (Phi) is 4.73. The van der Waals surface area contributed by atoms with Gasteiger partial charge < -0.3 is 14.5 Å². The quantitative estimate of drug-likeness (QED) is 0.378. The highest BCUT2D eigenvalue weighted by Gasteiger charge is 2.39. The highest BCUT2D eigenvalue weighted by atomic mass is 35.5. The Morgan fingerprint density at radius 3 is 2.71 bits per heavy atom. The van der Waals surface area contributed by atoms with Crippen molar-refractivity contribution in [2.24, 2.45) is 0 Å². The van der Waals surface area contributed by atoms with E-state index in [4.69, 9.17) is 11.6 Å². The van der Waals surface area contributed by atoms with Gasteiger partial charge in [-0.3, -0.25) is 9.78 Å². The molecule has 0 spiro atoms. The molecular weight excluding hydrogens is 462 g/mol. The van der Waals surface area contributed by atoms with E-state index in [0.717, 1.165) is 44.8 Å². The lowest BCUT2D eigenvalue weighted by atomic mass is 9.98. The average molecular weight is 486 g/mol. The predicted octanol–water partition coefficient (Wildman–Crippen LogP) is 5.03. The molecule has 0 saturated heterocycles. The van der Waals surface area contributed by atoms with Crippen molar-refractivity contribution >= 4 is 39.6 Å². The highest BCUT2D eigenvalue weighted by molar-refractivity contribution is 6.38. The van der Waals surface area contributed by atoms with E-state index in [1.54, 1.807) is 24.8 Å². The van der Waals surface area contributed by atoms with Gasteiger partial charge in [0.1, 0.15) is 17.6 Å². The summed E-state index contributed by atoms with van der Waals surface area (Å²) in [6, 6.07) is 7.41. The van der Waals surface area contributed by atoms with E-state index < -0.39 is 5.54 Å². The fourth-order valence-electron chi connectivity index (χ4n) is 5.32. The van der Waals surface area contributed by atoms with Crippen LogP contribution in [-0.2, 0) is 12.1 Å². The monoisotopic (exact) mass is 485 g/mol. The molecule has 0 fully saturated rings. The Bertz CT molecular complexity index is 1650. The number of hydrogen-bond donors (Lipinski definition) is 1. The van der Waals surface area contributed by atoms with Gasteiger partial charge in [-0.15, -0.1) is 0 Å². The number of fused-ring (bicyclic) bond motifs is 4. The number of hydrogen-bond acceptors (Lipinski definition) is 5. The fraction of sp³-hybridized carbons (Fsp3) is 0.269. The summed E-state index contributed by atoms with van der Waals surface area (Å²) in [5.41, 5.74) is 6.07. The molecule has 9 heteroatoms. The molecule has 8 nitrogen and oxygen atoms in total. The first-order valence-electron chi connectivity index (χ1n) is 11.5. The van der Waals surface area contributed by atoms with Gasteiger partial charge in [0.15, 0.2) is 0 Å². The van der Waals surface area contributed by atoms with E-state index in [1.165, 1.54) is 0 Å². The predicted molar refractivity (Wildman–Crippen MR) is 135 cm³/mol. The van der Waals surface area contributed by atoms with Gasteiger partial charge in [0, 0.05) is 52.2 Å². The lowest BCUT2D eigenvalue weighted by molar-refractivity contribution is 0.0614. The topological polar surface area (TPSA) is 92.6 Å². The number of nitrogens with zero attached hydrogens (tertiary/aromatic N) is 6. The summed E-state index contributed by atoms with van der Waals surface area (Å²) in [6.07, 6.45) is 5.01. The van der Waals surface area contributed by atoms with Crippen LogP contribution < -0.4 is 0 Å². The number of halogens is 1. The number of aryl methyl sites for hydroxylation is 2. The lowest BCUT2D eigenvalue weighted by Crippen LogP contribution is -2.49. The third-order valence-electron chi connectivity index (χ3n) is 6.75. The Morgan fingerprint density at radius 2 is 1.94 bits per heavy atom. The molecule has 1 aliphatic heterocycles. The van der Waals surface area contributed by atoms with Crippen LogP contribution in [0.5, 0.6) is 0 Å². The van der Waals surface area contributed by atoms with E-state index in [-0.39, 0.29) is 5.91 Å². The Hall–Kier alpha value is -3.78. The molecule has 176 valence electrons. The van der Waals surface area contributed by atoms with E-state index in [1.807, 2.05) is 36.9 Å². The summed E-state index contributed by atoms with van der Waals surface area (Å²) in [5, 5.41) is 2.37. The van der Waals surface area contributed by atoms with Crippen molar-refractivity contribution in [1.82, 2.24) is 34.4 Å². The average Bonchev–Trinajstić information content (AvgIpc) is 3.34. The van der Waals surface area contributed by atoms with E-state index in [0.29, 0.717) is 29.3 Å². The normalized spacial score (nSPS) is 15.1. The van der Waals surface area contributed by atoms with Crippen molar-refractivity contribution in [3.05, 3.63) is 70.7 Å². The molecule has 35 heavy (non-hydrogen) atoms. The van der Waals surface area contributed by atoms with Crippen LogP contribution in [0.4, 0.5) is 0 Å². The van der Waals surface area contributed by atoms with Crippen LogP contribution in [0, 0.1) is 13.8 Å². The molecule has 0 saturated carbocycles. The summed E-state index contributed by atoms with van der Waals surface area (Å²) in [6.45, 7) is 9.07. The molecule has 5 aromatic rings. The molecule has 1 amide bonds. The Labute approximate surface area is 207 Å². The summed E-state index contributed by atoms with van der Waals surface area (Å²) in [4.78, 5) is 36.8. The van der Waals surface area contributed by atoms with Gasteiger partial charge >= 0.3 is 0 Å². The number of carbonyl (C=O) groups excluding carboxylic acids is 1. The van der Waals surface area contributed by atoms with Crippen molar-refractivity contribution in [3.63, 3.8) is 0 Å². The molecule has 1 aliphatic rings. The van der Waals surface area contributed by atoms with Crippen molar-refractivity contribution in [1.29, 1.82) is 0 Å². The summed E-state index contributed by atoms with van der Waals surface area (Å²) in [5.74, 6) is -0.0294. The van der Waals surface area contributed by atoms with E-state index >= 15 is 0 Å². The minimum absolute atomic E-state index is 0.0294. The van der Waals surface area contributed by atoms with Gasteiger partial charge in [-0.05, 0) is 52.0 Å². The third kappa shape index (κ3) is 3.24. The number of amides is 1. The molecule has 0 aromatic carbocycles. The summed E-state index contributed by atoms with van der Waals surface area (Å²) < 4.78 is 2.24. The maximum atomic E-state index is 13.6. The SMILES string of the molecule is Cc1cc(C(=O)N2Cc3c(-c4[nH]c5ncccc5c4Cl)c4c(C)ncnc4n3C(C)(C)C2)ccn1. The molecule has 6 rings (SSSR count). The molecule has 6 heterocycles. The van der Waals surface area contributed by atoms with Crippen molar-refractivity contribution < 1.29 is 4.79 Å². The second-order valence-corrected chi connectivity index (χ2v) is 10.1. The lowest BCUT2D eigenvalue weighted by Gasteiger charge is -2.41. The summed E-state index contributed by atoms with van der Waals surface area (Å²) >= 11 is 6.92. The first-order valence-corrected chi connectivity index (χ1v) is 11.8. The minimum Gasteiger partial charge on any atom is -0.338 e. The molecular formula is C26H24ClN7O. The first kappa shape index (κ1) is 21.7. The number of aromatic nitrogens is 6. The molecule has 0 unspecified atom stereocenters. The van der Waals surface area contributed by atoms with Crippen molar-refractivity contribution in [2.75, 3.05) is 6.54 Å². The maximum Gasteiger partial charge on any atom is 0.254 e. The third-order valence-corrected chi connectivity index (χ3v) is 7.14. The Balaban J connectivity index is 1.61. The Morgan fingerprint density at radius 1 is 1.11 bits per heavy atom. The smallest absolute Gasteiger partial charge is 0.254 e. The van der Waals surface area contributed by atoms with Gasteiger partial charge in [-0.2, -0.15) is 0 Å². The zero-order valence-electron chi connectivity index (χ0n) is 19.9. The van der Waals surface area contributed by atoms with Crippen molar-refractivity contribution in [2.45, 2.75) is 39.8 Å². The van der Waals surface area contributed by atoms with Gasteiger partial charge in [-0.25, -0.2) is 15.0 Å². The largest absolute Gasteiger partial charge is 0.338 e. The number of aromatic amines is 1. The first-order chi connectivity index (χ1) is 16.8. The molecule has 0 bridgehead atoms. The maximum absolute atomic E-state index is 13.6. The van der Waals surface area contributed by atoms with Crippen LogP contribution in [0.2, 0.25) is 5.02 Å². The molecule has 1 N–H and O–H groups in total. The number of carbonyl (C=O) groups is 1. The van der Waals surface area contributed by atoms with Crippen LogP contribution >= 0.6 is 11.6 Å². The van der Waals surface area contributed by atoms with E-state index in [9.17, 15) is 4.79 Å². The van der Waals surface area contributed by atoms with Gasteiger partial charge in [0.05, 0.1) is 28.5 Å². The zero-order chi connectivity index (χ0) is 24.5. The van der Waals surface area contributed by atoms with Crippen LogP contribution in [0.25, 0.3) is 33.3 Å². The minimum atomic E-state index is -0.417. The zero-order valence-corrected chi connectivity index (χ0v) is 20.7. The summed E-state index contributed by atoms with van der Waals surface area (Å²) in [7, 11) is 0. The highest BCUT2D eigenvalue weighted by Crippen LogP contribution is 2.45. The molecule has 0 aliphatic carbocycles. The van der Waals surface area contributed by atoms with Gasteiger partial charge in [-0.1, -0.05) is 11.6 Å². The fourth-order valence-corrected chi connectivity index (χ4v) is 5.61. The second kappa shape index (κ2) is 7.61. The second-order valence-electron chi connectivity index (χ2n) is 9.69. The number of pyridine rings is 2. The van der Waals surface area contributed by atoms with Crippen LogP contribution in [0.3, 0.4) is 0 Å². The van der Waals surface area contributed by atoms with Gasteiger partial charge in [0.2, 0.25) is 0 Å². The van der Waals surface area contributed by atoms with Crippen LogP contribution in [-0.4, -0.2) is 46.8 Å².